The lowest BCUT2D eigenvalue weighted by atomic mass is 10.0. The molecule has 30 heavy (non-hydrogen) atoms. The molecule has 0 saturated heterocycles. The average Bonchev–Trinajstić information content (AvgIpc) is 3.20. The molecule has 2 aliphatic rings. The molecular formula is C23H22F2N4O+2. The fraction of sp³-hybridized carbons (Fsp3) is 0.217. The molecule has 3 aromatic rings. The smallest absolute Gasteiger partial charge is 0.265 e. The predicted octanol–water partition coefficient (Wildman–Crippen LogP) is 1.12. The van der Waals surface area contributed by atoms with E-state index in [0.717, 1.165) is 43.7 Å². The van der Waals surface area contributed by atoms with Gasteiger partial charge in [0.1, 0.15) is 11.6 Å². The van der Waals surface area contributed by atoms with Crippen molar-refractivity contribution >= 4 is 11.4 Å². The molecule has 152 valence electrons. The molecule has 0 unspecified atom stereocenters. The number of methoxy groups -OCH3 is 1. The van der Waals surface area contributed by atoms with Gasteiger partial charge in [-0.3, -0.25) is 0 Å². The second-order valence-corrected chi connectivity index (χ2v) is 7.41. The van der Waals surface area contributed by atoms with E-state index < -0.39 is 0 Å². The van der Waals surface area contributed by atoms with Gasteiger partial charge in [-0.15, -0.1) is 0 Å². The van der Waals surface area contributed by atoms with E-state index in [0.29, 0.717) is 31.9 Å². The Morgan fingerprint density at radius 3 is 2.27 bits per heavy atom. The second-order valence-electron chi connectivity index (χ2n) is 7.41. The van der Waals surface area contributed by atoms with Crippen LogP contribution in [0, 0.1) is 22.1 Å². The van der Waals surface area contributed by atoms with Gasteiger partial charge in [-0.2, -0.15) is 9.15 Å². The van der Waals surface area contributed by atoms with Crippen LogP contribution in [0.1, 0.15) is 0 Å². The van der Waals surface area contributed by atoms with Gasteiger partial charge in [0.05, 0.1) is 41.8 Å². The Labute approximate surface area is 171 Å². The number of halogens is 2. The monoisotopic (exact) mass is 408 g/mol. The molecule has 0 aromatic heterocycles. The van der Waals surface area contributed by atoms with Crippen LogP contribution < -0.4 is 36.1 Å². The maximum atomic E-state index is 14.1. The first-order valence-electron chi connectivity index (χ1n) is 9.89. The van der Waals surface area contributed by atoms with Gasteiger partial charge in [0.2, 0.25) is 11.0 Å². The van der Waals surface area contributed by atoms with Crippen molar-refractivity contribution in [2.75, 3.05) is 33.3 Å². The number of benzene rings is 3. The topological polar surface area (TPSA) is 67.3 Å². The summed E-state index contributed by atoms with van der Waals surface area (Å²) >= 11 is 0. The normalized spacial score (nSPS) is 13.2. The number of ether oxygens (including phenoxy) is 1. The molecule has 5 rings (SSSR count). The van der Waals surface area contributed by atoms with E-state index in [-0.39, 0.29) is 11.6 Å². The number of nitrogens with zero attached hydrogens (tertiary/aromatic N) is 2. The number of rotatable bonds is 5. The Morgan fingerprint density at radius 2 is 1.53 bits per heavy atom. The Kier molecular flexibility index (Phi) is 4.38. The molecule has 0 atom stereocenters. The molecule has 0 saturated carbocycles. The Bertz CT molecular complexity index is 1430. The summed E-state index contributed by atoms with van der Waals surface area (Å²) in [6.07, 6.45) is 0. The van der Waals surface area contributed by atoms with Gasteiger partial charge in [-0.1, -0.05) is 0 Å². The lowest BCUT2D eigenvalue weighted by molar-refractivity contribution is 0.403. The van der Waals surface area contributed by atoms with E-state index in [1.165, 1.54) is 24.3 Å². The first-order valence-corrected chi connectivity index (χ1v) is 9.89. The van der Waals surface area contributed by atoms with Crippen molar-refractivity contribution in [1.29, 1.82) is 0 Å². The first kappa shape index (κ1) is 18.8. The van der Waals surface area contributed by atoms with E-state index in [9.17, 15) is 8.78 Å². The molecule has 0 spiro atoms. The lowest BCUT2D eigenvalue weighted by Crippen LogP contribution is -2.32. The van der Waals surface area contributed by atoms with Gasteiger partial charge in [0.25, 0.3) is 16.8 Å². The summed E-state index contributed by atoms with van der Waals surface area (Å²) in [6.45, 7) is 1.96. The summed E-state index contributed by atoms with van der Waals surface area (Å²) in [6, 6.07) is 11.5. The highest BCUT2D eigenvalue weighted by molar-refractivity contribution is 5.83. The minimum atomic E-state index is -0.315. The fourth-order valence-corrected chi connectivity index (χ4v) is 4.66. The number of fused-ring (bicyclic) bond motifs is 5. The molecule has 0 fully saturated rings. The van der Waals surface area contributed by atoms with Crippen molar-refractivity contribution in [3.8, 4) is 16.9 Å². The minimum absolute atomic E-state index is 0.315. The van der Waals surface area contributed by atoms with Crippen molar-refractivity contribution in [3.05, 3.63) is 75.3 Å². The molecule has 3 aromatic carbocycles. The van der Waals surface area contributed by atoms with Gasteiger partial charge < -0.3 is 16.2 Å². The zero-order chi connectivity index (χ0) is 21.0. The van der Waals surface area contributed by atoms with Gasteiger partial charge >= 0.3 is 0 Å². The minimum Gasteiger partial charge on any atom is -0.486 e. The summed E-state index contributed by atoms with van der Waals surface area (Å²) in [7, 11) is 1.62. The van der Waals surface area contributed by atoms with Crippen LogP contribution in [-0.2, 0) is 0 Å². The summed E-state index contributed by atoms with van der Waals surface area (Å²) in [5.74, 6) is 0.0209. The molecule has 4 N–H and O–H groups in total. The molecule has 0 amide bonds. The van der Waals surface area contributed by atoms with Crippen LogP contribution in [0.4, 0.5) is 20.2 Å². The predicted molar refractivity (Wildman–Crippen MR) is 111 cm³/mol. The number of hydrogen-bond donors (Lipinski definition) is 2. The average molecular weight is 408 g/mol. The van der Waals surface area contributed by atoms with E-state index >= 15 is 0 Å². The highest BCUT2D eigenvalue weighted by Gasteiger charge is 2.37. The van der Waals surface area contributed by atoms with Crippen LogP contribution in [0.15, 0.2) is 42.5 Å². The Balaban J connectivity index is 2.01. The van der Waals surface area contributed by atoms with Gasteiger partial charge in [-0.25, -0.2) is 8.78 Å². The molecule has 0 bridgehead atoms. The Hall–Kier alpha value is -3.16. The van der Waals surface area contributed by atoms with E-state index in [1.807, 2.05) is 6.07 Å². The van der Waals surface area contributed by atoms with Crippen molar-refractivity contribution in [2.45, 2.75) is 0 Å². The number of hydrogen-bond acceptors (Lipinski definition) is 3. The van der Waals surface area contributed by atoms with E-state index in [4.69, 9.17) is 16.2 Å². The van der Waals surface area contributed by atoms with Crippen LogP contribution in [0.5, 0.6) is 5.75 Å². The summed E-state index contributed by atoms with van der Waals surface area (Å²) in [4.78, 5) is 0. The van der Waals surface area contributed by atoms with Crippen molar-refractivity contribution in [2.24, 2.45) is 11.5 Å². The van der Waals surface area contributed by atoms with Crippen LogP contribution in [-0.4, -0.2) is 33.3 Å². The fourth-order valence-electron chi connectivity index (χ4n) is 4.66. The standard InChI is InChI=1S/C23H22F2N4O/c1-30-23-21-17(15-10-13(24)2-4-19(15)28(21)8-6-26)12-18-16-11-14(25)3-5-20(16)29(9-7-27)22(18)23/h2-5,10-12H,6-9,26-27H2,1H3/q+2. The quantitative estimate of drug-likeness (QED) is 0.622. The summed E-state index contributed by atoms with van der Waals surface area (Å²) < 4.78 is 38.3. The van der Waals surface area contributed by atoms with Crippen molar-refractivity contribution < 1.29 is 13.5 Å². The van der Waals surface area contributed by atoms with Gasteiger partial charge in [0.15, 0.2) is 13.1 Å². The molecule has 2 aliphatic heterocycles. The van der Waals surface area contributed by atoms with Crippen LogP contribution >= 0.6 is 0 Å². The van der Waals surface area contributed by atoms with E-state index in [1.54, 1.807) is 19.2 Å². The highest BCUT2D eigenvalue weighted by atomic mass is 19.1. The molecule has 0 radical (unpaired) electrons. The zero-order valence-electron chi connectivity index (χ0n) is 16.6. The Morgan fingerprint density at radius 1 is 0.833 bits per heavy atom. The molecule has 7 heteroatoms. The maximum Gasteiger partial charge on any atom is 0.265 e. The highest BCUT2D eigenvalue weighted by Crippen LogP contribution is 2.37. The van der Waals surface area contributed by atoms with Crippen molar-refractivity contribution in [1.82, 2.24) is 9.15 Å². The third-order valence-corrected chi connectivity index (χ3v) is 5.76. The van der Waals surface area contributed by atoms with Crippen LogP contribution in [0.25, 0.3) is 11.1 Å². The van der Waals surface area contributed by atoms with Gasteiger partial charge in [-0.05, 0) is 30.3 Å². The summed E-state index contributed by atoms with van der Waals surface area (Å²) in [5.41, 5.74) is 15.1. The molecule has 0 aliphatic carbocycles. The number of nitrogens with two attached hydrogens (primary N) is 2. The molecule has 5 nitrogen and oxygen atoms in total. The summed E-state index contributed by atoms with van der Waals surface area (Å²) in [5, 5.41) is 3.34. The maximum absolute atomic E-state index is 14.1. The third-order valence-electron chi connectivity index (χ3n) is 5.76. The van der Waals surface area contributed by atoms with E-state index in [2.05, 4.69) is 9.15 Å². The largest absolute Gasteiger partial charge is 0.486 e. The van der Waals surface area contributed by atoms with Crippen LogP contribution in [0.3, 0.4) is 0 Å². The molecular weight excluding hydrogens is 386 g/mol. The molecule has 2 heterocycles. The van der Waals surface area contributed by atoms with Crippen LogP contribution in [0.2, 0.25) is 0 Å². The zero-order valence-corrected chi connectivity index (χ0v) is 16.6. The second kappa shape index (κ2) is 6.97. The van der Waals surface area contributed by atoms with Crippen molar-refractivity contribution in [3.63, 3.8) is 0 Å². The van der Waals surface area contributed by atoms with Gasteiger partial charge in [0, 0.05) is 12.1 Å². The SMILES string of the molecule is COc1c2c(cc3c1=[N+](CCN)c1ccc(F)cc1-3)=c1cc(F)ccc1=[N+]2CCN. The first-order chi connectivity index (χ1) is 14.6. The third kappa shape index (κ3) is 2.52. The lowest BCUT2D eigenvalue weighted by Gasteiger charge is -2.05.